The Morgan fingerprint density at radius 1 is 1.15 bits per heavy atom. The van der Waals surface area contributed by atoms with Crippen molar-refractivity contribution in [3.8, 4) is 0 Å². The van der Waals surface area contributed by atoms with Gasteiger partial charge in [0.05, 0.1) is 17.8 Å². The second-order valence-corrected chi connectivity index (χ2v) is 5.87. The number of carbonyl (C=O) groups excluding carboxylic acids is 1. The molecule has 0 aliphatic heterocycles. The van der Waals surface area contributed by atoms with Gasteiger partial charge in [0.2, 0.25) is 0 Å². The van der Waals surface area contributed by atoms with Crippen LogP contribution >= 0.6 is 0 Å². The zero-order valence-electron chi connectivity index (χ0n) is 14.4. The summed E-state index contributed by atoms with van der Waals surface area (Å²) < 4.78 is 39.7. The third-order valence-electron chi connectivity index (χ3n) is 3.98. The van der Waals surface area contributed by atoms with Gasteiger partial charge in [0.1, 0.15) is 18.3 Å². The van der Waals surface area contributed by atoms with Gasteiger partial charge >= 0.3 is 6.18 Å². The molecule has 3 aromatic rings. The van der Waals surface area contributed by atoms with Gasteiger partial charge in [-0.05, 0) is 30.2 Å². The summed E-state index contributed by atoms with van der Waals surface area (Å²) in [6.45, 7) is 2.10. The number of carbonyl (C=O) groups is 1. The van der Waals surface area contributed by atoms with E-state index in [1.54, 1.807) is 11.0 Å². The van der Waals surface area contributed by atoms with Gasteiger partial charge in [0.25, 0.3) is 5.91 Å². The number of halogens is 3. The number of alkyl halides is 3. The second kappa shape index (κ2) is 7.56. The minimum atomic E-state index is -4.54. The highest BCUT2D eigenvalue weighted by molar-refractivity contribution is 5.95. The van der Waals surface area contributed by atoms with Crippen LogP contribution in [0, 0.1) is 6.92 Å². The predicted octanol–water partition coefficient (Wildman–Crippen LogP) is 2.98. The van der Waals surface area contributed by atoms with Crippen LogP contribution in [0.3, 0.4) is 0 Å². The average molecular weight is 375 g/mol. The molecule has 0 fully saturated rings. The Morgan fingerprint density at radius 3 is 2.52 bits per heavy atom. The lowest BCUT2D eigenvalue weighted by atomic mass is 10.1. The highest BCUT2D eigenvalue weighted by atomic mass is 19.4. The molecule has 27 heavy (non-hydrogen) atoms. The lowest BCUT2D eigenvalue weighted by Gasteiger charge is -2.12. The molecule has 0 bridgehead atoms. The third kappa shape index (κ3) is 4.49. The van der Waals surface area contributed by atoms with E-state index in [0.29, 0.717) is 6.54 Å². The van der Waals surface area contributed by atoms with Crippen molar-refractivity contribution in [1.82, 2.24) is 25.1 Å². The number of pyridine rings is 1. The molecule has 0 aliphatic carbocycles. The van der Waals surface area contributed by atoms with E-state index in [0.717, 1.165) is 23.3 Å². The monoisotopic (exact) mass is 375 g/mol. The summed E-state index contributed by atoms with van der Waals surface area (Å²) in [4.78, 5) is 19.7. The normalized spacial score (nSPS) is 11.4. The highest BCUT2D eigenvalue weighted by Crippen LogP contribution is 2.28. The number of aromatic nitrogens is 4. The minimum absolute atomic E-state index is 0.0261. The van der Waals surface area contributed by atoms with E-state index < -0.39 is 17.8 Å². The fraction of sp³-hybridized carbons (Fsp3) is 0.222. The first-order valence-corrected chi connectivity index (χ1v) is 8.07. The molecule has 0 unspecified atom stereocenters. The molecule has 0 spiro atoms. The van der Waals surface area contributed by atoms with Crippen LogP contribution in [-0.2, 0) is 19.3 Å². The molecule has 0 saturated heterocycles. The quantitative estimate of drug-likeness (QED) is 0.744. The topological polar surface area (TPSA) is 72.7 Å². The molecule has 0 saturated carbocycles. The zero-order valence-corrected chi connectivity index (χ0v) is 14.4. The molecule has 0 radical (unpaired) electrons. The maximum absolute atomic E-state index is 12.7. The Labute approximate surface area is 153 Å². The van der Waals surface area contributed by atoms with Crippen LogP contribution in [0.5, 0.6) is 0 Å². The first-order chi connectivity index (χ1) is 12.8. The van der Waals surface area contributed by atoms with Crippen LogP contribution in [0.15, 0.2) is 49.1 Å². The average Bonchev–Trinajstić information content (AvgIpc) is 3.13. The first-order valence-electron chi connectivity index (χ1n) is 8.07. The fourth-order valence-corrected chi connectivity index (χ4v) is 2.60. The van der Waals surface area contributed by atoms with E-state index in [-0.39, 0.29) is 17.8 Å². The summed E-state index contributed by atoms with van der Waals surface area (Å²) in [5.74, 6) is -0.482. The maximum atomic E-state index is 12.7. The van der Waals surface area contributed by atoms with E-state index in [1.165, 1.54) is 13.3 Å². The van der Waals surface area contributed by atoms with Gasteiger partial charge in [-0.15, -0.1) is 0 Å². The van der Waals surface area contributed by atoms with E-state index in [2.05, 4.69) is 20.4 Å². The number of aryl methyl sites for hydroxylation is 1. The van der Waals surface area contributed by atoms with Crippen molar-refractivity contribution in [1.29, 1.82) is 0 Å². The standard InChI is InChI=1S/C18H16F3N5O/c1-12-15(6-7-16(25-12)18(19,20)21)17(27)23-8-13-4-2-3-5-14(13)9-26-11-22-10-24-26/h2-7,10-11H,8-9H2,1H3,(H,23,27). The molecule has 1 amide bonds. The Bertz CT molecular complexity index is 938. The van der Waals surface area contributed by atoms with E-state index in [4.69, 9.17) is 0 Å². The molecular weight excluding hydrogens is 359 g/mol. The smallest absolute Gasteiger partial charge is 0.348 e. The predicted molar refractivity (Wildman–Crippen MR) is 90.7 cm³/mol. The van der Waals surface area contributed by atoms with Gasteiger partial charge in [-0.2, -0.15) is 18.3 Å². The van der Waals surface area contributed by atoms with Crippen molar-refractivity contribution in [3.63, 3.8) is 0 Å². The number of nitrogens with zero attached hydrogens (tertiary/aromatic N) is 4. The van der Waals surface area contributed by atoms with Gasteiger partial charge in [0.15, 0.2) is 0 Å². The number of nitrogens with one attached hydrogen (secondary N) is 1. The van der Waals surface area contributed by atoms with Crippen molar-refractivity contribution >= 4 is 5.91 Å². The summed E-state index contributed by atoms with van der Waals surface area (Å²) in [5, 5.41) is 6.78. The molecule has 3 rings (SSSR count). The van der Waals surface area contributed by atoms with Crippen LogP contribution in [0.1, 0.15) is 32.9 Å². The van der Waals surface area contributed by atoms with E-state index >= 15 is 0 Å². The number of benzene rings is 1. The number of hydrogen-bond acceptors (Lipinski definition) is 4. The van der Waals surface area contributed by atoms with Gasteiger partial charge in [0, 0.05) is 6.54 Å². The fourth-order valence-electron chi connectivity index (χ4n) is 2.60. The first kappa shape index (κ1) is 18.6. The van der Waals surface area contributed by atoms with Crippen molar-refractivity contribution < 1.29 is 18.0 Å². The molecule has 9 heteroatoms. The molecular formula is C18H16F3N5O. The molecule has 2 aromatic heterocycles. The summed E-state index contributed by atoms with van der Waals surface area (Å²) in [5.41, 5.74) is 0.939. The SMILES string of the molecule is Cc1nc(C(F)(F)F)ccc1C(=O)NCc1ccccc1Cn1cncn1. The molecule has 6 nitrogen and oxygen atoms in total. The lowest BCUT2D eigenvalue weighted by Crippen LogP contribution is -2.25. The lowest BCUT2D eigenvalue weighted by molar-refractivity contribution is -0.141. The molecule has 1 N–H and O–H groups in total. The van der Waals surface area contributed by atoms with Crippen LogP contribution in [0.25, 0.3) is 0 Å². The van der Waals surface area contributed by atoms with Crippen LogP contribution < -0.4 is 5.32 Å². The third-order valence-corrected chi connectivity index (χ3v) is 3.98. The van der Waals surface area contributed by atoms with Gasteiger partial charge in [-0.1, -0.05) is 24.3 Å². The molecule has 0 aliphatic rings. The molecule has 0 atom stereocenters. The van der Waals surface area contributed by atoms with Gasteiger partial charge in [-0.25, -0.2) is 14.6 Å². The van der Waals surface area contributed by atoms with Crippen molar-refractivity contribution in [3.05, 3.63) is 77.1 Å². The number of amides is 1. The number of hydrogen-bond donors (Lipinski definition) is 1. The zero-order chi connectivity index (χ0) is 19.4. The maximum Gasteiger partial charge on any atom is 0.433 e. The summed E-state index contributed by atoms with van der Waals surface area (Å²) in [6.07, 6.45) is -1.52. The van der Waals surface area contributed by atoms with Crippen LogP contribution in [-0.4, -0.2) is 25.7 Å². The Balaban J connectivity index is 1.71. The van der Waals surface area contributed by atoms with Crippen molar-refractivity contribution in [2.45, 2.75) is 26.2 Å². The summed E-state index contributed by atoms with van der Waals surface area (Å²) >= 11 is 0. The highest BCUT2D eigenvalue weighted by Gasteiger charge is 2.33. The summed E-state index contributed by atoms with van der Waals surface area (Å²) in [6, 6.07) is 9.44. The molecule has 140 valence electrons. The van der Waals surface area contributed by atoms with Crippen molar-refractivity contribution in [2.24, 2.45) is 0 Å². The van der Waals surface area contributed by atoms with Crippen molar-refractivity contribution in [2.75, 3.05) is 0 Å². The van der Waals surface area contributed by atoms with Gasteiger partial charge < -0.3 is 5.32 Å². The summed E-state index contributed by atoms with van der Waals surface area (Å²) in [7, 11) is 0. The second-order valence-electron chi connectivity index (χ2n) is 5.87. The van der Waals surface area contributed by atoms with E-state index in [9.17, 15) is 18.0 Å². The number of rotatable bonds is 5. The molecule has 1 aromatic carbocycles. The van der Waals surface area contributed by atoms with Crippen LogP contribution in [0.4, 0.5) is 13.2 Å². The largest absolute Gasteiger partial charge is 0.433 e. The Kier molecular flexibility index (Phi) is 5.20. The minimum Gasteiger partial charge on any atom is -0.348 e. The Morgan fingerprint density at radius 2 is 1.89 bits per heavy atom. The van der Waals surface area contributed by atoms with E-state index in [1.807, 2.05) is 24.3 Å². The molecule has 2 heterocycles. The Hall–Kier alpha value is -3.23. The van der Waals surface area contributed by atoms with Crippen LogP contribution in [0.2, 0.25) is 0 Å². The van der Waals surface area contributed by atoms with Gasteiger partial charge in [-0.3, -0.25) is 4.79 Å².